The van der Waals surface area contributed by atoms with E-state index in [2.05, 4.69) is 43.4 Å². The van der Waals surface area contributed by atoms with Crippen molar-refractivity contribution in [2.24, 2.45) is 5.92 Å². The molecule has 1 aliphatic carbocycles. The van der Waals surface area contributed by atoms with Crippen LogP contribution >= 0.6 is 0 Å². The van der Waals surface area contributed by atoms with Gasteiger partial charge in [-0.3, -0.25) is 4.79 Å². The van der Waals surface area contributed by atoms with Crippen LogP contribution in [0.25, 0.3) is 11.1 Å². The van der Waals surface area contributed by atoms with Gasteiger partial charge in [-0.2, -0.15) is 4.31 Å². The summed E-state index contributed by atoms with van der Waals surface area (Å²) in [6, 6.07) is 15.4. The highest BCUT2D eigenvalue weighted by Crippen LogP contribution is 2.32. The monoisotopic (exact) mass is 600 g/mol. The van der Waals surface area contributed by atoms with E-state index < -0.39 is 33.7 Å². The lowest BCUT2D eigenvalue weighted by Gasteiger charge is -2.31. The number of fused-ring (bicyclic) bond motifs is 1. The molecule has 0 spiro atoms. The van der Waals surface area contributed by atoms with Gasteiger partial charge in [-0.05, 0) is 92.0 Å². The first-order chi connectivity index (χ1) is 19.7. The molecule has 0 bridgehead atoms. The van der Waals surface area contributed by atoms with Crippen LogP contribution in [0.3, 0.4) is 0 Å². The van der Waals surface area contributed by atoms with Gasteiger partial charge in [0, 0.05) is 37.7 Å². The average molecular weight is 601 g/mol. The molecular formula is C32H38F2N2O5S. The normalized spacial score (nSPS) is 14.7. The molecule has 1 atom stereocenters. The number of aryl methyl sites for hydroxylation is 1. The third kappa shape index (κ3) is 7.80. The van der Waals surface area contributed by atoms with E-state index in [1.807, 2.05) is 0 Å². The van der Waals surface area contributed by atoms with Gasteiger partial charge in [0.25, 0.3) is 0 Å². The molecule has 42 heavy (non-hydrogen) atoms. The first-order valence-corrected chi connectivity index (χ1v) is 15.5. The highest BCUT2D eigenvalue weighted by molar-refractivity contribution is 7.89. The molecule has 0 heterocycles. The van der Waals surface area contributed by atoms with Crippen molar-refractivity contribution >= 4 is 16.0 Å². The predicted molar refractivity (Wildman–Crippen MR) is 158 cm³/mol. The summed E-state index contributed by atoms with van der Waals surface area (Å²) in [5.41, 5.74) is 3.05. The first kappa shape index (κ1) is 31.7. The highest BCUT2D eigenvalue weighted by Gasteiger charge is 2.30. The molecule has 0 fully saturated rings. The molecular weight excluding hydrogens is 562 g/mol. The summed E-state index contributed by atoms with van der Waals surface area (Å²) in [5, 5.41) is 23.0. The number of carbonyl (C=O) groups is 1. The van der Waals surface area contributed by atoms with E-state index in [0.29, 0.717) is 11.5 Å². The van der Waals surface area contributed by atoms with E-state index in [1.165, 1.54) is 42.4 Å². The van der Waals surface area contributed by atoms with E-state index in [-0.39, 0.29) is 47.5 Å². The molecule has 0 radical (unpaired) electrons. The summed E-state index contributed by atoms with van der Waals surface area (Å²) in [5.74, 6) is -2.07. The summed E-state index contributed by atoms with van der Waals surface area (Å²) in [4.78, 5) is 10.7. The van der Waals surface area contributed by atoms with Gasteiger partial charge in [0.2, 0.25) is 10.0 Å². The van der Waals surface area contributed by atoms with Crippen molar-refractivity contribution in [3.8, 4) is 11.1 Å². The van der Waals surface area contributed by atoms with Crippen LogP contribution in [0.2, 0.25) is 0 Å². The number of benzene rings is 3. The van der Waals surface area contributed by atoms with Crippen LogP contribution < -0.4 is 5.32 Å². The number of carboxylic acids is 1. The molecule has 10 heteroatoms. The molecule has 3 aromatic carbocycles. The third-order valence-corrected chi connectivity index (χ3v) is 9.66. The van der Waals surface area contributed by atoms with Crippen LogP contribution in [0, 0.1) is 17.6 Å². The van der Waals surface area contributed by atoms with Gasteiger partial charge in [-0.25, -0.2) is 17.2 Å². The zero-order valence-corrected chi connectivity index (χ0v) is 24.9. The van der Waals surface area contributed by atoms with Gasteiger partial charge in [-0.15, -0.1) is 0 Å². The Morgan fingerprint density at radius 1 is 1.05 bits per heavy atom. The number of nitrogens with one attached hydrogen (secondary N) is 1. The molecule has 3 aromatic rings. The van der Waals surface area contributed by atoms with E-state index in [9.17, 15) is 22.7 Å². The summed E-state index contributed by atoms with van der Waals surface area (Å²) in [6.45, 7) is 4.11. The molecule has 0 aliphatic heterocycles. The smallest absolute Gasteiger partial charge is 0.303 e. The quantitative estimate of drug-likeness (QED) is 0.260. The fourth-order valence-corrected chi connectivity index (χ4v) is 6.98. The Labute approximate surface area is 246 Å². The van der Waals surface area contributed by atoms with Crippen molar-refractivity contribution < 1.29 is 32.2 Å². The number of β-amino-alcohol motifs (C(OH)–C–C–N with tert-alkyl or cyclic N) is 1. The molecule has 0 aromatic heterocycles. The number of hydrogen-bond acceptors (Lipinski definition) is 5. The lowest BCUT2D eigenvalue weighted by molar-refractivity contribution is -0.136. The summed E-state index contributed by atoms with van der Waals surface area (Å²) in [6.07, 6.45) is 1.77. The van der Waals surface area contributed by atoms with Crippen molar-refractivity contribution in [3.05, 3.63) is 89.0 Å². The number of hydrogen-bond donors (Lipinski definition) is 3. The largest absolute Gasteiger partial charge is 0.481 e. The van der Waals surface area contributed by atoms with Crippen LogP contribution in [0.15, 0.2) is 65.6 Å². The van der Waals surface area contributed by atoms with Crippen molar-refractivity contribution in [1.29, 1.82) is 0 Å². The van der Waals surface area contributed by atoms with Gasteiger partial charge in [-0.1, -0.05) is 36.4 Å². The van der Waals surface area contributed by atoms with Crippen molar-refractivity contribution in [2.75, 3.05) is 20.1 Å². The number of carboxylic acid groups (broad SMARTS) is 1. The van der Waals surface area contributed by atoms with Gasteiger partial charge in [0.15, 0.2) is 0 Å². The van der Waals surface area contributed by atoms with E-state index >= 15 is 4.39 Å². The van der Waals surface area contributed by atoms with Crippen LogP contribution in [0.1, 0.15) is 43.4 Å². The molecule has 0 unspecified atom stereocenters. The summed E-state index contributed by atoms with van der Waals surface area (Å²) < 4.78 is 56.6. The molecule has 1 aliphatic rings. The summed E-state index contributed by atoms with van der Waals surface area (Å²) in [7, 11) is -2.82. The molecule has 3 N–H and O–H groups in total. The standard InChI is InChI=1S/C32H38F2N2O5S/c1-32(2,18-21-14-23-6-4-5-7-24(23)15-21)35-19-26(37)20-36(3)42(40,41)27-11-12-28(30(34)17-27)29-16-25(33)10-8-22(29)9-13-31(38)39/h4-8,10-12,16-17,21,26,35,37H,9,13-15,18-20H2,1-3H3,(H,38,39)/t26-/m1/s1. The minimum Gasteiger partial charge on any atom is -0.481 e. The fourth-order valence-electron chi connectivity index (χ4n) is 5.76. The zero-order valence-electron chi connectivity index (χ0n) is 24.1. The average Bonchev–Trinajstić information content (AvgIpc) is 3.32. The van der Waals surface area contributed by atoms with E-state index in [0.717, 1.165) is 35.7 Å². The molecule has 4 rings (SSSR count). The molecule has 7 nitrogen and oxygen atoms in total. The van der Waals surface area contributed by atoms with Crippen LogP contribution in [0.5, 0.6) is 0 Å². The van der Waals surface area contributed by atoms with Crippen molar-refractivity contribution in [3.63, 3.8) is 0 Å². The summed E-state index contributed by atoms with van der Waals surface area (Å²) >= 11 is 0. The number of nitrogens with zero attached hydrogens (tertiary/aromatic N) is 1. The number of rotatable bonds is 13. The minimum atomic E-state index is -4.14. The SMILES string of the molecule is CN(C[C@H](O)CNC(C)(C)CC1Cc2ccccc2C1)S(=O)(=O)c1ccc(-c2cc(F)ccc2CCC(=O)O)c(F)c1. The topological polar surface area (TPSA) is 107 Å². The molecule has 0 saturated carbocycles. The number of aliphatic hydroxyl groups excluding tert-OH is 1. The Hall–Kier alpha value is -3.18. The Kier molecular flexibility index (Phi) is 9.82. The lowest BCUT2D eigenvalue weighted by Crippen LogP contribution is -2.47. The lowest BCUT2D eigenvalue weighted by atomic mass is 9.88. The molecule has 226 valence electrons. The Bertz CT molecular complexity index is 1520. The maximum Gasteiger partial charge on any atom is 0.303 e. The van der Waals surface area contributed by atoms with E-state index in [4.69, 9.17) is 5.11 Å². The molecule has 0 saturated heterocycles. The zero-order chi connectivity index (χ0) is 30.7. The third-order valence-electron chi connectivity index (χ3n) is 7.84. The number of halogens is 2. The van der Waals surface area contributed by atoms with Crippen LogP contribution in [-0.4, -0.2) is 60.7 Å². The van der Waals surface area contributed by atoms with Gasteiger partial charge in [0.1, 0.15) is 11.6 Å². The van der Waals surface area contributed by atoms with Crippen LogP contribution in [0.4, 0.5) is 8.78 Å². The molecule has 0 amide bonds. The first-order valence-electron chi connectivity index (χ1n) is 14.0. The highest BCUT2D eigenvalue weighted by atomic mass is 32.2. The predicted octanol–water partition coefficient (Wildman–Crippen LogP) is 4.80. The number of likely N-dealkylation sites (N-methyl/N-ethyl adjacent to an activating group) is 1. The number of aliphatic carboxylic acids is 1. The second-order valence-electron chi connectivity index (χ2n) is 11.8. The Balaban J connectivity index is 1.38. The Morgan fingerprint density at radius 2 is 1.71 bits per heavy atom. The number of sulfonamides is 1. The maximum absolute atomic E-state index is 15.2. The van der Waals surface area contributed by atoms with Gasteiger partial charge < -0.3 is 15.5 Å². The number of aliphatic hydroxyl groups is 1. The van der Waals surface area contributed by atoms with Crippen molar-refractivity contribution in [2.45, 2.75) is 62.5 Å². The maximum atomic E-state index is 15.2. The Morgan fingerprint density at radius 3 is 2.33 bits per heavy atom. The second-order valence-corrected chi connectivity index (χ2v) is 13.8. The van der Waals surface area contributed by atoms with E-state index in [1.54, 1.807) is 0 Å². The second kappa shape index (κ2) is 13.0. The minimum absolute atomic E-state index is 0.0340. The van der Waals surface area contributed by atoms with Gasteiger partial charge in [0.05, 0.1) is 11.0 Å². The van der Waals surface area contributed by atoms with Crippen LogP contribution in [-0.2, 0) is 34.1 Å². The fraction of sp³-hybridized carbons (Fsp3) is 0.406. The van der Waals surface area contributed by atoms with Gasteiger partial charge >= 0.3 is 5.97 Å². The van der Waals surface area contributed by atoms with Crippen molar-refractivity contribution in [1.82, 2.24) is 9.62 Å².